The van der Waals surface area contributed by atoms with E-state index in [9.17, 15) is 8.42 Å². The van der Waals surface area contributed by atoms with Crippen molar-refractivity contribution >= 4 is 10.0 Å². The fourth-order valence-electron chi connectivity index (χ4n) is 2.28. The molecule has 1 aromatic carbocycles. The zero-order valence-corrected chi connectivity index (χ0v) is 12.3. The first kappa shape index (κ1) is 15.4. The van der Waals surface area contributed by atoms with Gasteiger partial charge in [-0.05, 0) is 24.8 Å². The molecule has 20 heavy (non-hydrogen) atoms. The Hall–Kier alpha value is -0.950. The highest BCUT2D eigenvalue weighted by Gasteiger charge is 2.22. The highest BCUT2D eigenvalue weighted by Crippen LogP contribution is 2.14. The molecule has 1 fully saturated rings. The number of rotatable bonds is 6. The van der Waals surface area contributed by atoms with Gasteiger partial charge < -0.3 is 10.5 Å². The molecular formula is C14H22N2O3S. The molecule has 0 aromatic heterocycles. The Balaban J connectivity index is 1.82. The minimum absolute atomic E-state index is 0.0223. The molecule has 0 radical (unpaired) electrons. The van der Waals surface area contributed by atoms with Gasteiger partial charge in [0, 0.05) is 19.2 Å². The van der Waals surface area contributed by atoms with Gasteiger partial charge in [0.05, 0.1) is 11.9 Å². The second kappa shape index (κ2) is 7.17. The molecule has 0 saturated carbocycles. The Kier molecular flexibility index (Phi) is 5.54. The van der Waals surface area contributed by atoms with Gasteiger partial charge in [-0.1, -0.05) is 30.3 Å². The van der Waals surface area contributed by atoms with E-state index >= 15 is 0 Å². The SMILES string of the molecule is NC(CNS(=O)(=O)CC1CCCCO1)c1ccccc1. The van der Waals surface area contributed by atoms with Gasteiger partial charge in [-0.15, -0.1) is 0 Å². The van der Waals surface area contributed by atoms with Crippen LogP contribution in [-0.2, 0) is 14.8 Å². The Bertz CT molecular complexity index is 498. The molecule has 0 spiro atoms. The van der Waals surface area contributed by atoms with E-state index in [1.807, 2.05) is 30.3 Å². The Morgan fingerprint density at radius 2 is 2.05 bits per heavy atom. The van der Waals surface area contributed by atoms with Crippen LogP contribution in [0.4, 0.5) is 0 Å². The van der Waals surface area contributed by atoms with Crippen molar-refractivity contribution in [2.45, 2.75) is 31.4 Å². The van der Waals surface area contributed by atoms with Crippen LogP contribution < -0.4 is 10.5 Å². The molecule has 6 heteroatoms. The maximum absolute atomic E-state index is 12.0. The second-order valence-electron chi connectivity index (χ2n) is 5.14. The lowest BCUT2D eigenvalue weighted by Gasteiger charge is -2.22. The van der Waals surface area contributed by atoms with Crippen LogP contribution in [0.1, 0.15) is 30.9 Å². The van der Waals surface area contributed by atoms with Crippen molar-refractivity contribution in [2.24, 2.45) is 5.73 Å². The fourth-order valence-corrected chi connectivity index (χ4v) is 3.58. The summed E-state index contributed by atoms with van der Waals surface area (Å²) < 4.78 is 32.0. The molecule has 1 aromatic rings. The van der Waals surface area contributed by atoms with Gasteiger partial charge in [0.15, 0.2) is 0 Å². The third-order valence-electron chi connectivity index (χ3n) is 3.43. The fraction of sp³-hybridized carbons (Fsp3) is 0.571. The van der Waals surface area contributed by atoms with Crippen LogP contribution in [0.25, 0.3) is 0 Å². The van der Waals surface area contributed by atoms with E-state index in [1.165, 1.54) is 0 Å². The molecule has 2 atom stereocenters. The van der Waals surface area contributed by atoms with E-state index in [-0.39, 0.29) is 24.4 Å². The highest BCUT2D eigenvalue weighted by atomic mass is 32.2. The molecule has 1 heterocycles. The minimum atomic E-state index is -3.34. The molecule has 0 amide bonds. The first-order valence-electron chi connectivity index (χ1n) is 6.96. The number of hydrogen-bond acceptors (Lipinski definition) is 4. The number of ether oxygens (including phenoxy) is 1. The Morgan fingerprint density at radius 3 is 2.70 bits per heavy atom. The van der Waals surface area contributed by atoms with Gasteiger partial charge in [-0.2, -0.15) is 0 Å². The summed E-state index contributed by atoms with van der Waals surface area (Å²) in [6.45, 7) is 0.864. The molecule has 1 aliphatic rings. The van der Waals surface area contributed by atoms with Crippen molar-refractivity contribution < 1.29 is 13.2 Å². The molecule has 0 bridgehead atoms. The molecule has 5 nitrogen and oxygen atoms in total. The van der Waals surface area contributed by atoms with Crippen molar-refractivity contribution in [3.8, 4) is 0 Å². The smallest absolute Gasteiger partial charge is 0.214 e. The van der Waals surface area contributed by atoms with Crippen molar-refractivity contribution in [2.75, 3.05) is 18.9 Å². The van der Waals surface area contributed by atoms with E-state index in [2.05, 4.69) is 4.72 Å². The molecule has 1 saturated heterocycles. The minimum Gasteiger partial charge on any atom is -0.377 e. The molecular weight excluding hydrogens is 276 g/mol. The van der Waals surface area contributed by atoms with Gasteiger partial charge in [-0.3, -0.25) is 0 Å². The van der Waals surface area contributed by atoms with E-state index in [1.54, 1.807) is 0 Å². The van der Waals surface area contributed by atoms with Crippen molar-refractivity contribution in [3.63, 3.8) is 0 Å². The summed E-state index contributed by atoms with van der Waals surface area (Å²) in [5, 5.41) is 0. The lowest BCUT2D eigenvalue weighted by atomic mass is 10.1. The average Bonchev–Trinajstić information content (AvgIpc) is 2.46. The largest absolute Gasteiger partial charge is 0.377 e. The van der Waals surface area contributed by atoms with Crippen molar-refractivity contribution in [1.82, 2.24) is 4.72 Å². The first-order valence-corrected chi connectivity index (χ1v) is 8.61. The van der Waals surface area contributed by atoms with Crippen LogP contribution in [0, 0.1) is 0 Å². The van der Waals surface area contributed by atoms with Crippen LogP contribution in [0.5, 0.6) is 0 Å². The maximum Gasteiger partial charge on any atom is 0.214 e. The average molecular weight is 298 g/mol. The Morgan fingerprint density at radius 1 is 1.30 bits per heavy atom. The van der Waals surface area contributed by atoms with Crippen LogP contribution in [0.15, 0.2) is 30.3 Å². The third-order valence-corrected chi connectivity index (χ3v) is 4.85. The third kappa shape index (κ3) is 4.86. The monoisotopic (exact) mass is 298 g/mol. The Labute approximate surface area is 120 Å². The van der Waals surface area contributed by atoms with Crippen LogP contribution in [0.3, 0.4) is 0 Å². The highest BCUT2D eigenvalue weighted by molar-refractivity contribution is 7.89. The van der Waals surface area contributed by atoms with Gasteiger partial charge in [0.25, 0.3) is 0 Å². The van der Waals surface area contributed by atoms with Crippen molar-refractivity contribution in [3.05, 3.63) is 35.9 Å². The molecule has 2 rings (SSSR count). The summed E-state index contributed by atoms with van der Waals surface area (Å²) in [6.07, 6.45) is 2.67. The topological polar surface area (TPSA) is 81.4 Å². The van der Waals surface area contributed by atoms with E-state index in [0.29, 0.717) is 6.61 Å². The predicted octanol–water partition coefficient (Wildman–Crippen LogP) is 1.17. The maximum atomic E-state index is 12.0. The lowest BCUT2D eigenvalue weighted by Crippen LogP contribution is -2.38. The number of nitrogens with one attached hydrogen (secondary N) is 1. The molecule has 3 N–H and O–H groups in total. The van der Waals surface area contributed by atoms with Gasteiger partial charge in [0.2, 0.25) is 10.0 Å². The normalized spacial score (nSPS) is 21.6. The zero-order valence-electron chi connectivity index (χ0n) is 11.5. The van der Waals surface area contributed by atoms with E-state index < -0.39 is 10.0 Å². The van der Waals surface area contributed by atoms with E-state index in [0.717, 1.165) is 24.8 Å². The van der Waals surface area contributed by atoms with Gasteiger partial charge in [0.1, 0.15) is 0 Å². The summed E-state index contributed by atoms with van der Waals surface area (Å²) in [6, 6.07) is 9.13. The summed E-state index contributed by atoms with van der Waals surface area (Å²) in [7, 11) is -3.34. The molecule has 2 unspecified atom stereocenters. The van der Waals surface area contributed by atoms with Gasteiger partial charge in [-0.25, -0.2) is 13.1 Å². The zero-order chi connectivity index (χ0) is 14.4. The van der Waals surface area contributed by atoms with E-state index in [4.69, 9.17) is 10.5 Å². The number of nitrogens with two attached hydrogens (primary N) is 1. The standard InChI is InChI=1S/C14H22N2O3S/c15-14(12-6-2-1-3-7-12)10-16-20(17,18)11-13-8-4-5-9-19-13/h1-3,6-7,13-14,16H,4-5,8-11,15H2. The van der Waals surface area contributed by atoms with Crippen LogP contribution in [0.2, 0.25) is 0 Å². The number of sulfonamides is 1. The number of hydrogen-bond donors (Lipinski definition) is 2. The summed E-state index contributed by atoms with van der Waals surface area (Å²) in [4.78, 5) is 0. The van der Waals surface area contributed by atoms with Crippen LogP contribution in [-0.4, -0.2) is 33.4 Å². The number of benzene rings is 1. The first-order chi connectivity index (χ1) is 9.57. The molecule has 1 aliphatic heterocycles. The molecule has 0 aliphatic carbocycles. The predicted molar refractivity (Wildman–Crippen MR) is 78.8 cm³/mol. The van der Waals surface area contributed by atoms with Crippen molar-refractivity contribution in [1.29, 1.82) is 0 Å². The lowest BCUT2D eigenvalue weighted by molar-refractivity contribution is 0.0304. The summed E-state index contributed by atoms with van der Waals surface area (Å²) in [5.41, 5.74) is 6.90. The summed E-state index contributed by atoms with van der Waals surface area (Å²) in [5.74, 6) is 0.0223. The second-order valence-corrected chi connectivity index (χ2v) is 6.99. The summed E-state index contributed by atoms with van der Waals surface area (Å²) >= 11 is 0. The quantitative estimate of drug-likeness (QED) is 0.826. The molecule has 112 valence electrons. The van der Waals surface area contributed by atoms with Crippen LogP contribution >= 0.6 is 0 Å². The van der Waals surface area contributed by atoms with Gasteiger partial charge >= 0.3 is 0 Å².